The maximum atomic E-state index is 6.00. The van der Waals surface area contributed by atoms with Crippen LogP contribution in [0, 0.1) is 6.92 Å². The average molecular weight is 261 g/mol. The number of nitrogens with one attached hydrogen (secondary N) is 1. The van der Waals surface area contributed by atoms with E-state index in [0.717, 1.165) is 42.2 Å². The predicted octanol–water partition coefficient (Wildman–Crippen LogP) is 3.44. The van der Waals surface area contributed by atoms with Crippen molar-refractivity contribution in [1.82, 2.24) is 15.1 Å². The molecule has 0 fully saturated rings. The van der Waals surface area contributed by atoms with Crippen LogP contribution in [-0.4, -0.2) is 16.3 Å². The van der Waals surface area contributed by atoms with E-state index in [4.69, 9.17) is 4.42 Å². The lowest BCUT2D eigenvalue weighted by atomic mass is 10.1. The SMILES string of the molecule is CCCNC(CC)c1ccc(-c2cn(C)nc2C)o1. The van der Waals surface area contributed by atoms with E-state index in [9.17, 15) is 0 Å². The lowest BCUT2D eigenvalue weighted by Crippen LogP contribution is -2.20. The molecule has 19 heavy (non-hydrogen) atoms. The fraction of sp³-hybridized carbons (Fsp3) is 0.533. The first-order valence-corrected chi connectivity index (χ1v) is 6.99. The van der Waals surface area contributed by atoms with Gasteiger partial charge in [-0.1, -0.05) is 13.8 Å². The monoisotopic (exact) mass is 261 g/mol. The summed E-state index contributed by atoms with van der Waals surface area (Å²) >= 11 is 0. The van der Waals surface area contributed by atoms with E-state index in [-0.39, 0.29) is 0 Å². The number of hydrogen-bond donors (Lipinski definition) is 1. The smallest absolute Gasteiger partial charge is 0.137 e. The first-order valence-electron chi connectivity index (χ1n) is 6.99. The van der Waals surface area contributed by atoms with Crippen molar-refractivity contribution < 1.29 is 4.42 Å². The molecule has 4 nitrogen and oxygen atoms in total. The molecule has 0 radical (unpaired) electrons. The molecule has 0 saturated heterocycles. The van der Waals surface area contributed by atoms with E-state index in [0.29, 0.717) is 6.04 Å². The van der Waals surface area contributed by atoms with Crippen LogP contribution in [-0.2, 0) is 7.05 Å². The van der Waals surface area contributed by atoms with Crippen molar-refractivity contribution in [3.63, 3.8) is 0 Å². The van der Waals surface area contributed by atoms with Gasteiger partial charge in [-0.2, -0.15) is 5.10 Å². The number of aromatic nitrogens is 2. The summed E-state index contributed by atoms with van der Waals surface area (Å²) in [6.45, 7) is 7.36. The second kappa shape index (κ2) is 6.06. The van der Waals surface area contributed by atoms with Gasteiger partial charge in [0, 0.05) is 13.2 Å². The Balaban J connectivity index is 2.20. The van der Waals surface area contributed by atoms with Crippen LogP contribution in [0.25, 0.3) is 11.3 Å². The van der Waals surface area contributed by atoms with Gasteiger partial charge in [-0.3, -0.25) is 4.68 Å². The molecule has 4 heteroatoms. The average Bonchev–Trinajstić information content (AvgIpc) is 2.97. The molecule has 2 heterocycles. The summed E-state index contributed by atoms with van der Waals surface area (Å²) in [5.74, 6) is 1.91. The highest BCUT2D eigenvalue weighted by Crippen LogP contribution is 2.28. The third-order valence-electron chi connectivity index (χ3n) is 3.30. The van der Waals surface area contributed by atoms with Crippen molar-refractivity contribution in [2.75, 3.05) is 6.54 Å². The van der Waals surface area contributed by atoms with E-state index < -0.39 is 0 Å². The van der Waals surface area contributed by atoms with Crippen LogP contribution >= 0.6 is 0 Å². The first kappa shape index (κ1) is 13.9. The molecule has 104 valence electrons. The number of rotatable bonds is 6. The van der Waals surface area contributed by atoms with Crippen LogP contribution in [0.15, 0.2) is 22.7 Å². The molecular weight excluding hydrogens is 238 g/mol. The van der Waals surface area contributed by atoms with Crippen LogP contribution in [0.1, 0.15) is 44.2 Å². The van der Waals surface area contributed by atoms with Crippen molar-refractivity contribution in [2.24, 2.45) is 7.05 Å². The molecule has 0 aliphatic carbocycles. The van der Waals surface area contributed by atoms with Crippen molar-refractivity contribution in [3.8, 4) is 11.3 Å². The molecule has 1 atom stereocenters. The third kappa shape index (κ3) is 3.07. The zero-order valence-electron chi connectivity index (χ0n) is 12.2. The highest BCUT2D eigenvalue weighted by molar-refractivity contribution is 5.59. The lowest BCUT2D eigenvalue weighted by molar-refractivity contribution is 0.411. The van der Waals surface area contributed by atoms with Crippen molar-refractivity contribution in [2.45, 2.75) is 39.7 Å². The van der Waals surface area contributed by atoms with Crippen LogP contribution in [0.5, 0.6) is 0 Å². The molecular formula is C15H23N3O. The normalized spacial score (nSPS) is 12.8. The molecule has 2 aromatic heterocycles. The molecule has 0 saturated carbocycles. The lowest BCUT2D eigenvalue weighted by Gasteiger charge is -2.13. The summed E-state index contributed by atoms with van der Waals surface area (Å²) in [5.41, 5.74) is 2.07. The Hall–Kier alpha value is -1.55. The Bertz CT molecular complexity index is 527. The minimum atomic E-state index is 0.297. The summed E-state index contributed by atoms with van der Waals surface area (Å²) in [4.78, 5) is 0. The molecule has 0 aliphatic heterocycles. The largest absolute Gasteiger partial charge is 0.459 e. The zero-order chi connectivity index (χ0) is 13.8. The van der Waals surface area contributed by atoms with E-state index in [1.54, 1.807) is 0 Å². The minimum absolute atomic E-state index is 0.297. The van der Waals surface area contributed by atoms with E-state index in [2.05, 4.69) is 30.3 Å². The van der Waals surface area contributed by atoms with Crippen molar-refractivity contribution in [3.05, 3.63) is 29.8 Å². The fourth-order valence-electron chi connectivity index (χ4n) is 2.29. The molecule has 0 spiro atoms. The van der Waals surface area contributed by atoms with Crippen molar-refractivity contribution >= 4 is 0 Å². The Morgan fingerprint density at radius 3 is 2.74 bits per heavy atom. The second-order valence-corrected chi connectivity index (χ2v) is 4.92. The number of nitrogens with zero attached hydrogens (tertiary/aromatic N) is 2. The second-order valence-electron chi connectivity index (χ2n) is 4.92. The topological polar surface area (TPSA) is 43.0 Å². The van der Waals surface area contributed by atoms with Gasteiger partial charge >= 0.3 is 0 Å². The van der Waals surface area contributed by atoms with Gasteiger partial charge in [-0.15, -0.1) is 0 Å². The minimum Gasteiger partial charge on any atom is -0.459 e. The van der Waals surface area contributed by atoms with Gasteiger partial charge in [-0.25, -0.2) is 0 Å². The molecule has 0 amide bonds. The quantitative estimate of drug-likeness (QED) is 0.866. The summed E-state index contributed by atoms with van der Waals surface area (Å²) in [6, 6.07) is 4.40. The van der Waals surface area contributed by atoms with E-state index in [1.165, 1.54) is 0 Å². The fourth-order valence-corrected chi connectivity index (χ4v) is 2.29. The summed E-state index contributed by atoms with van der Waals surface area (Å²) in [5, 5.41) is 7.86. The van der Waals surface area contributed by atoms with Gasteiger partial charge in [0.15, 0.2) is 0 Å². The zero-order valence-corrected chi connectivity index (χ0v) is 12.2. The summed E-state index contributed by atoms with van der Waals surface area (Å²) < 4.78 is 7.82. The third-order valence-corrected chi connectivity index (χ3v) is 3.30. The molecule has 0 aliphatic rings. The highest BCUT2D eigenvalue weighted by Gasteiger charge is 2.15. The van der Waals surface area contributed by atoms with Crippen LogP contribution in [0.2, 0.25) is 0 Å². The highest BCUT2D eigenvalue weighted by atomic mass is 16.3. The Morgan fingerprint density at radius 1 is 1.37 bits per heavy atom. The molecule has 1 N–H and O–H groups in total. The summed E-state index contributed by atoms with van der Waals surface area (Å²) in [7, 11) is 1.93. The number of hydrogen-bond acceptors (Lipinski definition) is 3. The van der Waals surface area contributed by atoms with Crippen LogP contribution in [0.4, 0.5) is 0 Å². The van der Waals surface area contributed by atoms with Gasteiger partial charge in [0.1, 0.15) is 11.5 Å². The van der Waals surface area contributed by atoms with Gasteiger partial charge in [0.05, 0.1) is 17.3 Å². The van der Waals surface area contributed by atoms with Gasteiger partial charge in [0.25, 0.3) is 0 Å². The maximum absolute atomic E-state index is 6.00. The molecule has 2 aromatic rings. The van der Waals surface area contributed by atoms with Gasteiger partial charge in [0.2, 0.25) is 0 Å². The number of furan rings is 1. The van der Waals surface area contributed by atoms with Gasteiger partial charge in [-0.05, 0) is 38.4 Å². The molecule has 0 bridgehead atoms. The van der Waals surface area contributed by atoms with Crippen LogP contribution in [0.3, 0.4) is 0 Å². The Kier molecular flexibility index (Phi) is 4.43. The Labute approximate surface area is 114 Å². The maximum Gasteiger partial charge on any atom is 0.137 e. The van der Waals surface area contributed by atoms with E-state index >= 15 is 0 Å². The van der Waals surface area contributed by atoms with Crippen molar-refractivity contribution in [1.29, 1.82) is 0 Å². The van der Waals surface area contributed by atoms with Crippen LogP contribution < -0.4 is 5.32 Å². The van der Waals surface area contributed by atoms with Gasteiger partial charge < -0.3 is 9.73 Å². The standard InChI is InChI=1S/C15H23N3O/c1-5-9-16-13(6-2)15-8-7-14(19-15)12-10-18(4)17-11(12)3/h7-8,10,13,16H,5-6,9H2,1-4H3. The summed E-state index contributed by atoms with van der Waals surface area (Å²) in [6.07, 6.45) is 4.16. The first-order chi connectivity index (χ1) is 9.15. The predicted molar refractivity (Wildman–Crippen MR) is 77.0 cm³/mol. The molecule has 0 aromatic carbocycles. The van der Waals surface area contributed by atoms with E-state index in [1.807, 2.05) is 30.9 Å². The molecule has 1 unspecified atom stereocenters. The number of aryl methyl sites for hydroxylation is 2. The molecule has 2 rings (SSSR count). The Morgan fingerprint density at radius 2 is 2.16 bits per heavy atom.